The second-order valence-corrected chi connectivity index (χ2v) is 10.0. The lowest BCUT2D eigenvalue weighted by atomic mass is 10.2. The van der Waals surface area contributed by atoms with E-state index in [4.69, 9.17) is 4.74 Å². The minimum Gasteiger partial charge on any atom is -0.452 e. The summed E-state index contributed by atoms with van der Waals surface area (Å²) in [4.78, 5) is 26.1. The van der Waals surface area contributed by atoms with Gasteiger partial charge in [0, 0.05) is 20.6 Å². The highest BCUT2D eigenvalue weighted by Crippen LogP contribution is 2.23. The molecular formula is C23H24N2O5S2. The maximum absolute atomic E-state index is 13.0. The van der Waals surface area contributed by atoms with Crippen molar-refractivity contribution in [1.82, 2.24) is 4.90 Å². The van der Waals surface area contributed by atoms with Gasteiger partial charge in [-0.3, -0.25) is 9.10 Å². The number of hydrogen-bond acceptors (Lipinski definition) is 6. The lowest BCUT2D eigenvalue weighted by Gasteiger charge is -2.20. The normalized spacial score (nSPS) is 11.1. The second kappa shape index (κ2) is 9.97. The van der Waals surface area contributed by atoms with Gasteiger partial charge < -0.3 is 9.64 Å². The molecule has 0 unspecified atom stereocenters. The Hall–Kier alpha value is -3.17. The largest absolute Gasteiger partial charge is 0.452 e. The SMILES string of the molecule is Cc1ccc(N(C)S(=O)(=O)c2cccc(C(=O)OCC(=O)N(C)Cc3ccsc3)c2)cc1. The lowest BCUT2D eigenvalue weighted by molar-refractivity contribution is -0.133. The zero-order valence-corrected chi connectivity index (χ0v) is 19.7. The molecule has 0 fully saturated rings. The van der Waals surface area contributed by atoms with Gasteiger partial charge in [-0.15, -0.1) is 0 Å². The number of hydrogen-bond donors (Lipinski definition) is 0. The van der Waals surface area contributed by atoms with Gasteiger partial charge >= 0.3 is 5.97 Å². The Morgan fingerprint density at radius 2 is 1.75 bits per heavy atom. The molecule has 0 aliphatic rings. The predicted molar refractivity (Wildman–Crippen MR) is 124 cm³/mol. The Bertz CT molecular complexity index is 1190. The summed E-state index contributed by atoms with van der Waals surface area (Å²) in [6, 6.07) is 14.6. The lowest BCUT2D eigenvalue weighted by Crippen LogP contribution is -2.30. The summed E-state index contributed by atoms with van der Waals surface area (Å²) in [6.45, 7) is 1.90. The quantitative estimate of drug-likeness (QED) is 0.467. The van der Waals surface area contributed by atoms with Crippen molar-refractivity contribution >= 4 is 38.9 Å². The van der Waals surface area contributed by atoms with Crippen LogP contribution < -0.4 is 4.31 Å². The van der Waals surface area contributed by atoms with Crippen LogP contribution in [-0.4, -0.2) is 45.9 Å². The van der Waals surface area contributed by atoms with E-state index >= 15 is 0 Å². The van der Waals surface area contributed by atoms with Crippen molar-refractivity contribution in [3.05, 3.63) is 82.0 Å². The summed E-state index contributed by atoms with van der Waals surface area (Å²) < 4.78 is 32.3. The number of nitrogens with zero attached hydrogens (tertiary/aromatic N) is 2. The van der Waals surface area contributed by atoms with Crippen LogP contribution in [-0.2, 0) is 26.1 Å². The number of carbonyl (C=O) groups excluding carboxylic acids is 2. The van der Waals surface area contributed by atoms with Crippen molar-refractivity contribution < 1.29 is 22.7 Å². The van der Waals surface area contributed by atoms with E-state index in [0.717, 1.165) is 15.4 Å². The van der Waals surface area contributed by atoms with Crippen LogP contribution in [0.15, 0.2) is 70.3 Å². The summed E-state index contributed by atoms with van der Waals surface area (Å²) in [5.41, 5.74) is 2.56. The van der Waals surface area contributed by atoms with Crippen LogP contribution >= 0.6 is 11.3 Å². The third-order valence-electron chi connectivity index (χ3n) is 4.88. The maximum Gasteiger partial charge on any atom is 0.338 e. The van der Waals surface area contributed by atoms with Crippen molar-refractivity contribution in [2.24, 2.45) is 0 Å². The molecule has 0 saturated heterocycles. The third-order valence-corrected chi connectivity index (χ3v) is 7.39. The number of likely N-dealkylation sites (N-methyl/N-ethyl adjacent to an activating group) is 1. The van der Waals surface area contributed by atoms with E-state index in [0.29, 0.717) is 12.2 Å². The van der Waals surface area contributed by atoms with E-state index in [1.807, 2.05) is 35.9 Å². The van der Waals surface area contributed by atoms with Gasteiger partial charge in [0.15, 0.2) is 6.61 Å². The summed E-state index contributed by atoms with van der Waals surface area (Å²) in [5.74, 6) is -1.12. The summed E-state index contributed by atoms with van der Waals surface area (Å²) >= 11 is 1.54. The Balaban J connectivity index is 1.67. The molecule has 1 amide bonds. The van der Waals surface area contributed by atoms with E-state index in [2.05, 4.69) is 0 Å². The number of thiophene rings is 1. The third kappa shape index (κ3) is 5.54. The molecule has 3 rings (SSSR count). The van der Waals surface area contributed by atoms with Gasteiger partial charge in [-0.1, -0.05) is 23.8 Å². The van der Waals surface area contributed by atoms with Crippen molar-refractivity contribution in [3.8, 4) is 0 Å². The van der Waals surface area contributed by atoms with Crippen LogP contribution in [0, 0.1) is 6.92 Å². The smallest absolute Gasteiger partial charge is 0.338 e. The van der Waals surface area contributed by atoms with Gasteiger partial charge in [0.1, 0.15) is 0 Å². The van der Waals surface area contributed by atoms with Crippen LogP contribution in [0.5, 0.6) is 0 Å². The number of benzene rings is 2. The molecule has 168 valence electrons. The van der Waals surface area contributed by atoms with Crippen molar-refractivity contribution in [2.75, 3.05) is 25.0 Å². The number of esters is 1. The predicted octanol–water partition coefficient (Wildman–Crippen LogP) is 3.70. The minimum atomic E-state index is -3.88. The summed E-state index contributed by atoms with van der Waals surface area (Å²) in [6.07, 6.45) is 0. The number of sulfonamides is 1. The molecule has 7 nitrogen and oxygen atoms in total. The molecule has 2 aromatic carbocycles. The molecular weight excluding hydrogens is 448 g/mol. The standard InChI is InChI=1S/C23H24N2O5S2/c1-17-7-9-20(10-8-17)25(3)32(28,29)21-6-4-5-19(13-21)23(27)30-15-22(26)24(2)14-18-11-12-31-16-18/h4-13,16H,14-15H2,1-3H3. The number of carbonyl (C=O) groups is 2. The fourth-order valence-electron chi connectivity index (χ4n) is 2.90. The maximum atomic E-state index is 13.0. The van der Waals surface area contributed by atoms with Gasteiger partial charge in [-0.05, 0) is 59.6 Å². The molecule has 32 heavy (non-hydrogen) atoms. The molecule has 0 saturated carbocycles. The van der Waals surface area contributed by atoms with Crippen LogP contribution in [0.1, 0.15) is 21.5 Å². The zero-order chi connectivity index (χ0) is 23.3. The number of ether oxygens (including phenoxy) is 1. The molecule has 0 N–H and O–H groups in total. The molecule has 9 heteroatoms. The van der Waals surface area contributed by atoms with Crippen molar-refractivity contribution in [3.63, 3.8) is 0 Å². The highest BCUT2D eigenvalue weighted by atomic mass is 32.2. The van der Waals surface area contributed by atoms with Gasteiger partial charge in [-0.2, -0.15) is 11.3 Å². The van der Waals surface area contributed by atoms with Crippen LogP contribution in [0.4, 0.5) is 5.69 Å². The zero-order valence-electron chi connectivity index (χ0n) is 18.0. The monoisotopic (exact) mass is 472 g/mol. The first kappa shape index (κ1) is 23.5. The highest BCUT2D eigenvalue weighted by molar-refractivity contribution is 7.92. The van der Waals surface area contributed by atoms with Gasteiger partial charge in [0.05, 0.1) is 16.1 Å². The first-order valence-corrected chi connectivity index (χ1v) is 12.1. The Labute approximate surface area is 191 Å². The van der Waals surface area contributed by atoms with Crippen molar-refractivity contribution in [2.45, 2.75) is 18.4 Å². The molecule has 0 atom stereocenters. The molecule has 1 aromatic heterocycles. The average molecular weight is 473 g/mol. The fraction of sp³-hybridized carbons (Fsp3) is 0.217. The highest BCUT2D eigenvalue weighted by Gasteiger charge is 2.23. The minimum absolute atomic E-state index is 0.0454. The van der Waals surface area contributed by atoms with Crippen LogP contribution in [0.3, 0.4) is 0 Å². The Morgan fingerprint density at radius 3 is 2.41 bits per heavy atom. The number of amides is 1. The summed E-state index contributed by atoms with van der Waals surface area (Å²) in [7, 11) is -0.805. The van der Waals surface area contributed by atoms with Gasteiger partial charge in [-0.25, -0.2) is 13.2 Å². The van der Waals surface area contributed by atoms with E-state index < -0.39 is 22.6 Å². The molecule has 3 aromatic rings. The fourth-order valence-corrected chi connectivity index (χ4v) is 4.80. The molecule has 0 aliphatic heterocycles. The topological polar surface area (TPSA) is 84.0 Å². The first-order valence-electron chi connectivity index (χ1n) is 9.76. The van der Waals surface area contributed by atoms with Crippen molar-refractivity contribution in [1.29, 1.82) is 0 Å². The number of anilines is 1. The van der Waals surface area contributed by atoms with Crippen LogP contribution in [0.25, 0.3) is 0 Å². The molecule has 0 bridgehead atoms. The molecule has 1 heterocycles. The van der Waals surface area contributed by atoms with Crippen LogP contribution in [0.2, 0.25) is 0 Å². The second-order valence-electron chi connectivity index (χ2n) is 7.29. The van der Waals surface area contributed by atoms with Gasteiger partial charge in [0.2, 0.25) is 0 Å². The van der Waals surface area contributed by atoms with E-state index in [-0.39, 0.29) is 16.4 Å². The molecule has 0 aliphatic carbocycles. The van der Waals surface area contributed by atoms with E-state index in [1.54, 1.807) is 19.2 Å². The first-order chi connectivity index (χ1) is 15.2. The number of aryl methyl sites for hydroxylation is 1. The van der Waals surface area contributed by atoms with E-state index in [1.165, 1.54) is 47.5 Å². The molecule has 0 radical (unpaired) electrons. The Morgan fingerprint density at radius 1 is 1.03 bits per heavy atom. The molecule has 0 spiro atoms. The number of rotatable bonds is 8. The average Bonchev–Trinajstić information content (AvgIpc) is 3.30. The van der Waals surface area contributed by atoms with Gasteiger partial charge in [0.25, 0.3) is 15.9 Å². The van der Waals surface area contributed by atoms with E-state index in [9.17, 15) is 18.0 Å². The Kier molecular flexibility index (Phi) is 7.32. The summed E-state index contributed by atoms with van der Waals surface area (Å²) in [5, 5.41) is 3.86.